The Bertz CT molecular complexity index is 348. The molecule has 0 fully saturated rings. The molecule has 0 bridgehead atoms. The topological polar surface area (TPSA) is 23.5 Å². The van der Waals surface area contributed by atoms with Crippen LogP contribution < -0.4 is 0 Å². The van der Waals surface area contributed by atoms with Crippen LogP contribution in [0.1, 0.15) is 25.8 Å². The second-order valence-electron chi connectivity index (χ2n) is 5.80. The van der Waals surface area contributed by atoms with E-state index in [-0.39, 0.29) is 6.10 Å². The van der Waals surface area contributed by atoms with Crippen LogP contribution in [0.4, 0.5) is 0 Å². The van der Waals surface area contributed by atoms with Crippen molar-refractivity contribution in [3.8, 4) is 0 Å². The molecule has 3 heteroatoms. The van der Waals surface area contributed by atoms with Crippen LogP contribution >= 0.6 is 11.8 Å². The van der Waals surface area contributed by atoms with Gasteiger partial charge in [0.05, 0.1) is 6.10 Å². The summed E-state index contributed by atoms with van der Waals surface area (Å²) >= 11 is 1.92. The highest BCUT2D eigenvalue weighted by atomic mass is 32.2. The molecule has 19 heavy (non-hydrogen) atoms. The molecule has 0 aliphatic heterocycles. The standard InChI is InChI=1S/C16H27NOS/c1-13(2)9-10-19-16-7-5-14(6-8-16)11-15(18)12-17(3)4/h5-8,13,15,18H,9-12H2,1-4H3. The lowest BCUT2D eigenvalue weighted by atomic mass is 10.1. The van der Waals surface area contributed by atoms with Gasteiger partial charge in [-0.15, -0.1) is 11.8 Å². The molecule has 0 spiro atoms. The van der Waals surface area contributed by atoms with Gasteiger partial charge in [0, 0.05) is 11.4 Å². The molecular formula is C16H27NOS. The third kappa shape index (κ3) is 7.61. The number of aliphatic hydroxyl groups excluding tert-OH is 1. The quantitative estimate of drug-likeness (QED) is 0.740. The number of thioether (sulfide) groups is 1. The molecule has 0 heterocycles. The average molecular weight is 281 g/mol. The molecule has 108 valence electrons. The molecule has 0 amide bonds. The summed E-state index contributed by atoms with van der Waals surface area (Å²) < 4.78 is 0. The first kappa shape index (κ1) is 16.5. The van der Waals surface area contributed by atoms with E-state index in [0.717, 1.165) is 12.3 Å². The summed E-state index contributed by atoms with van der Waals surface area (Å²) in [6.45, 7) is 5.23. The Hall–Kier alpha value is -0.510. The molecule has 0 saturated heterocycles. The van der Waals surface area contributed by atoms with Crippen molar-refractivity contribution in [2.45, 2.75) is 37.7 Å². The van der Waals surface area contributed by atoms with Gasteiger partial charge in [-0.2, -0.15) is 0 Å². The van der Waals surface area contributed by atoms with E-state index < -0.39 is 0 Å². The number of benzene rings is 1. The molecule has 0 aliphatic carbocycles. The van der Waals surface area contributed by atoms with Crippen LogP contribution in [-0.4, -0.2) is 42.5 Å². The molecule has 0 aliphatic rings. The summed E-state index contributed by atoms with van der Waals surface area (Å²) in [5, 5.41) is 9.90. The van der Waals surface area contributed by atoms with Crippen molar-refractivity contribution in [3.63, 3.8) is 0 Å². The first-order valence-electron chi connectivity index (χ1n) is 7.02. The Morgan fingerprint density at radius 2 is 1.79 bits per heavy atom. The van der Waals surface area contributed by atoms with E-state index in [2.05, 4.69) is 38.1 Å². The summed E-state index contributed by atoms with van der Waals surface area (Å²) in [6, 6.07) is 8.61. The van der Waals surface area contributed by atoms with Crippen LogP contribution in [0.5, 0.6) is 0 Å². The van der Waals surface area contributed by atoms with E-state index in [4.69, 9.17) is 0 Å². The molecule has 0 radical (unpaired) electrons. The molecule has 1 atom stereocenters. The number of hydrogen-bond donors (Lipinski definition) is 1. The molecule has 1 unspecified atom stereocenters. The van der Waals surface area contributed by atoms with E-state index in [9.17, 15) is 5.11 Å². The summed E-state index contributed by atoms with van der Waals surface area (Å²) in [4.78, 5) is 3.34. The monoisotopic (exact) mass is 281 g/mol. The van der Waals surface area contributed by atoms with Crippen molar-refractivity contribution in [3.05, 3.63) is 29.8 Å². The van der Waals surface area contributed by atoms with E-state index in [0.29, 0.717) is 6.54 Å². The Kier molecular flexibility index (Phi) is 7.51. The fourth-order valence-electron chi connectivity index (χ4n) is 1.89. The fourth-order valence-corrected chi connectivity index (χ4v) is 3.05. The van der Waals surface area contributed by atoms with E-state index >= 15 is 0 Å². The number of hydrogen-bond acceptors (Lipinski definition) is 3. The highest BCUT2D eigenvalue weighted by Gasteiger charge is 2.06. The molecule has 1 N–H and O–H groups in total. The summed E-state index contributed by atoms with van der Waals surface area (Å²) in [6.07, 6.45) is 1.71. The predicted octanol–water partition coefficient (Wildman–Crippen LogP) is 3.29. The highest BCUT2D eigenvalue weighted by molar-refractivity contribution is 7.99. The third-order valence-corrected chi connectivity index (χ3v) is 3.98. The zero-order valence-corrected chi connectivity index (χ0v) is 13.4. The van der Waals surface area contributed by atoms with E-state index in [1.165, 1.54) is 22.6 Å². The first-order chi connectivity index (χ1) is 8.97. The maximum Gasteiger partial charge on any atom is 0.0707 e. The van der Waals surface area contributed by atoms with Crippen LogP contribution in [0, 0.1) is 5.92 Å². The Labute approximate surface area is 122 Å². The van der Waals surface area contributed by atoms with Crippen molar-refractivity contribution in [2.24, 2.45) is 5.92 Å². The lowest BCUT2D eigenvalue weighted by Gasteiger charge is -2.16. The van der Waals surface area contributed by atoms with E-state index in [1.807, 2.05) is 30.8 Å². The SMILES string of the molecule is CC(C)CCSc1ccc(CC(O)CN(C)C)cc1. The number of rotatable bonds is 8. The van der Waals surface area contributed by atoms with Crippen molar-refractivity contribution >= 4 is 11.8 Å². The summed E-state index contributed by atoms with van der Waals surface area (Å²) in [7, 11) is 3.97. The van der Waals surface area contributed by atoms with Gasteiger partial charge in [0.1, 0.15) is 0 Å². The fraction of sp³-hybridized carbons (Fsp3) is 0.625. The largest absolute Gasteiger partial charge is 0.391 e. The van der Waals surface area contributed by atoms with Crippen molar-refractivity contribution in [1.82, 2.24) is 4.90 Å². The van der Waals surface area contributed by atoms with Gasteiger partial charge in [0.2, 0.25) is 0 Å². The van der Waals surface area contributed by atoms with Gasteiger partial charge in [-0.1, -0.05) is 26.0 Å². The normalized spacial score (nSPS) is 13.2. The summed E-state index contributed by atoms with van der Waals surface area (Å²) in [5.74, 6) is 1.95. The van der Waals surface area contributed by atoms with Gasteiger partial charge in [-0.25, -0.2) is 0 Å². The second-order valence-corrected chi connectivity index (χ2v) is 6.96. The Balaban J connectivity index is 2.38. The lowest BCUT2D eigenvalue weighted by molar-refractivity contribution is 0.137. The molecule has 2 nitrogen and oxygen atoms in total. The first-order valence-corrected chi connectivity index (χ1v) is 8.00. The highest BCUT2D eigenvalue weighted by Crippen LogP contribution is 2.21. The molecule has 1 aromatic rings. The van der Waals surface area contributed by atoms with Crippen LogP contribution in [0.2, 0.25) is 0 Å². The Morgan fingerprint density at radius 3 is 2.32 bits per heavy atom. The maximum atomic E-state index is 9.90. The second kappa shape index (κ2) is 8.62. The van der Waals surface area contributed by atoms with Gasteiger partial charge in [-0.3, -0.25) is 0 Å². The van der Waals surface area contributed by atoms with Gasteiger partial charge >= 0.3 is 0 Å². The van der Waals surface area contributed by atoms with E-state index in [1.54, 1.807) is 0 Å². The van der Waals surface area contributed by atoms with Crippen molar-refractivity contribution in [1.29, 1.82) is 0 Å². The van der Waals surface area contributed by atoms with Crippen molar-refractivity contribution in [2.75, 3.05) is 26.4 Å². The zero-order valence-electron chi connectivity index (χ0n) is 12.6. The van der Waals surface area contributed by atoms with Crippen molar-refractivity contribution < 1.29 is 5.11 Å². The average Bonchev–Trinajstić information content (AvgIpc) is 2.29. The van der Waals surface area contributed by atoms with Gasteiger partial charge in [0.15, 0.2) is 0 Å². The van der Waals surface area contributed by atoms with Gasteiger partial charge in [-0.05, 0) is 56.3 Å². The van der Waals surface area contributed by atoms with Gasteiger partial charge in [0.25, 0.3) is 0 Å². The minimum absolute atomic E-state index is 0.283. The van der Waals surface area contributed by atoms with Gasteiger partial charge < -0.3 is 10.0 Å². The number of nitrogens with zero attached hydrogens (tertiary/aromatic N) is 1. The van der Waals surface area contributed by atoms with Crippen LogP contribution in [0.15, 0.2) is 29.2 Å². The predicted molar refractivity (Wildman–Crippen MR) is 84.9 cm³/mol. The smallest absolute Gasteiger partial charge is 0.0707 e. The molecule has 1 aromatic carbocycles. The molecule has 1 rings (SSSR count). The minimum atomic E-state index is -0.283. The molecule has 0 aromatic heterocycles. The molecule has 0 saturated carbocycles. The third-order valence-electron chi connectivity index (χ3n) is 2.93. The van der Waals surface area contributed by atoms with Crippen LogP contribution in [0.25, 0.3) is 0 Å². The number of aliphatic hydroxyl groups is 1. The zero-order chi connectivity index (χ0) is 14.3. The summed E-state index contributed by atoms with van der Waals surface area (Å²) in [5.41, 5.74) is 1.21. The van der Waals surface area contributed by atoms with Crippen LogP contribution in [0.3, 0.4) is 0 Å². The number of likely N-dealkylation sites (N-methyl/N-ethyl adjacent to an activating group) is 1. The van der Waals surface area contributed by atoms with Crippen LogP contribution in [-0.2, 0) is 6.42 Å². The lowest BCUT2D eigenvalue weighted by Crippen LogP contribution is -2.27. The Morgan fingerprint density at radius 1 is 1.16 bits per heavy atom. The molecular weight excluding hydrogens is 254 g/mol. The minimum Gasteiger partial charge on any atom is -0.391 e. The maximum absolute atomic E-state index is 9.90.